The lowest BCUT2D eigenvalue weighted by Crippen LogP contribution is -2.39. The Bertz CT molecular complexity index is 639. The number of benzene rings is 1. The number of nitrogens with one attached hydrogen (secondary N) is 1. The highest BCUT2D eigenvalue weighted by Gasteiger charge is 2.06. The van der Waals surface area contributed by atoms with Crippen molar-refractivity contribution in [2.24, 2.45) is 12.0 Å². The average molecular weight is 459 g/mol. The predicted octanol–water partition coefficient (Wildman–Crippen LogP) is 3.01. The van der Waals surface area contributed by atoms with Crippen molar-refractivity contribution >= 4 is 41.7 Å². The van der Waals surface area contributed by atoms with Gasteiger partial charge in [0.25, 0.3) is 0 Å². The maximum absolute atomic E-state index is 4.36. The second-order valence-electron chi connectivity index (χ2n) is 5.45. The maximum atomic E-state index is 4.36. The molecule has 0 radical (unpaired) electrons. The maximum Gasteiger partial charge on any atom is 0.193 e. The lowest BCUT2D eigenvalue weighted by Gasteiger charge is -2.22. The summed E-state index contributed by atoms with van der Waals surface area (Å²) in [7, 11) is 5.81. The van der Waals surface area contributed by atoms with Crippen molar-refractivity contribution < 1.29 is 0 Å². The summed E-state index contributed by atoms with van der Waals surface area (Å²) in [5.74, 6) is 0.905. The van der Waals surface area contributed by atoms with Gasteiger partial charge in [-0.15, -0.1) is 35.7 Å². The van der Waals surface area contributed by atoms with Gasteiger partial charge in [-0.3, -0.25) is 9.67 Å². The van der Waals surface area contributed by atoms with Crippen LogP contribution in [0.4, 0.5) is 0 Å². The van der Waals surface area contributed by atoms with Gasteiger partial charge in [-0.1, -0.05) is 12.1 Å². The van der Waals surface area contributed by atoms with E-state index in [1.54, 1.807) is 11.8 Å². The molecule has 0 atom stereocenters. The van der Waals surface area contributed by atoms with Crippen LogP contribution in [0, 0.1) is 0 Å². The Morgan fingerprint density at radius 2 is 2.00 bits per heavy atom. The highest BCUT2D eigenvalue weighted by molar-refractivity contribution is 14.0. The SMILES string of the molecule is CN=C(NCCc1cnn(C)c1)N(C)Cc1ccc(SC)cc1.I. The summed E-state index contributed by atoms with van der Waals surface area (Å²) >= 11 is 1.76. The Labute approximate surface area is 165 Å². The molecule has 0 amide bonds. The Morgan fingerprint density at radius 1 is 1.29 bits per heavy atom. The van der Waals surface area contributed by atoms with Crippen LogP contribution in [0.1, 0.15) is 11.1 Å². The van der Waals surface area contributed by atoms with Crippen LogP contribution in [0.2, 0.25) is 0 Å². The first-order valence-electron chi connectivity index (χ1n) is 7.64. The van der Waals surface area contributed by atoms with E-state index in [1.807, 2.05) is 31.2 Å². The third-order valence-electron chi connectivity index (χ3n) is 3.61. The first kappa shape index (κ1) is 20.8. The number of aromatic nitrogens is 2. The fourth-order valence-electron chi connectivity index (χ4n) is 2.38. The zero-order valence-electron chi connectivity index (χ0n) is 14.7. The van der Waals surface area contributed by atoms with Gasteiger partial charge in [-0.2, -0.15) is 5.10 Å². The van der Waals surface area contributed by atoms with E-state index in [1.165, 1.54) is 16.0 Å². The summed E-state index contributed by atoms with van der Waals surface area (Å²) in [4.78, 5) is 7.78. The van der Waals surface area contributed by atoms with Crippen molar-refractivity contribution in [3.8, 4) is 0 Å². The van der Waals surface area contributed by atoms with E-state index in [0.717, 1.165) is 25.5 Å². The molecule has 0 aliphatic heterocycles. The quantitative estimate of drug-likeness (QED) is 0.312. The second kappa shape index (κ2) is 10.6. The molecule has 1 aromatic heterocycles. The van der Waals surface area contributed by atoms with E-state index in [9.17, 15) is 0 Å². The minimum absolute atomic E-state index is 0. The summed E-state index contributed by atoms with van der Waals surface area (Å²) in [5, 5.41) is 7.59. The van der Waals surface area contributed by atoms with E-state index in [2.05, 4.69) is 57.9 Å². The molecule has 132 valence electrons. The molecule has 1 heterocycles. The molecule has 0 aliphatic rings. The molecular formula is C17H26IN5S. The molecule has 0 unspecified atom stereocenters. The van der Waals surface area contributed by atoms with Crippen molar-refractivity contribution in [2.75, 3.05) is 26.9 Å². The summed E-state index contributed by atoms with van der Waals surface area (Å²) in [6.45, 7) is 1.68. The number of nitrogens with zero attached hydrogens (tertiary/aromatic N) is 4. The van der Waals surface area contributed by atoms with Gasteiger partial charge in [0.15, 0.2) is 5.96 Å². The van der Waals surface area contributed by atoms with Gasteiger partial charge in [-0.25, -0.2) is 0 Å². The zero-order valence-corrected chi connectivity index (χ0v) is 17.8. The van der Waals surface area contributed by atoms with Crippen LogP contribution in [0.3, 0.4) is 0 Å². The minimum Gasteiger partial charge on any atom is -0.356 e. The number of guanidine groups is 1. The molecule has 1 N–H and O–H groups in total. The summed E-state index contributed by atoms with van der Waals surface area (Å²) < 4.78 is 1.83. The largest absolute Gasteiger partial charge is 0.356 e. The first-order chi connectivity index (χ1) is 11.1. The predicted molar refractivity (Wildman–Crippen MR) is 113 cm³/mol. The van der Waals surface area contributed by atoms with Crippen molar-refractivity contribution in [1.29, 1.82) is 0 Å². The van der Waals surface area contributed by atoms with E-state index in [-0.39, 0.29) is 24.0 Å². The van der Waals surface area contributed by atoms with Gasteiger partial charge < -0.3 is 10.2 Å². The van der Waals surface area contributed by atoms with Crippen LogP contribution in [0.25, 0.3) is 0 Å². The van der Waals surface area contributed by atoms with Gasteiger partial charge in [0.2, 0.25) is 0 Å². The van der Waals surface area contributed by atoms with Crippen LogP contribution < -0.4 is 5.32 Å². The van der Waals surface area contributed by atoms with E-state index >= 15 is 0 Å². The number of aryl methyl sites for hydroxylation is 1. The molecule has 2 aromatic rings. The normalized spacial score (nSPS) is 11.1. The fourth-order valence-corrected chi connectivity index (χ4v) is 2.79. The first-order valence-corrected chi connectivity index (χ1v) is 8.87. The molecule has 5 nitrogen and oxygen atoms in total. The van der Waals surface area contributed by atoms with Crippen LogP contribution in [0.5, 0.6) is 0 Å². The topological polar surface area (TPSA) is 45.5 Å². The fraction of sp³-hybridized carbons (Fsp3) is 0.412. The van der Waals surface area contributed by atoms with E-state index in [0.29, 0.717) is 0 Å². The third-order valence-corrected chi connectivity index (χ3v) is 4.35. The van der Waals surface area contributed by atoms with Crippen LogP contribution in [-0.4, -0.2) is 47.5 Å². The Balaban J connectivity index is 0.00000288. The Morgan fingerprint density at radius 3 is 2.54 bits per heavy atom. The molecular weight excluding hydrogens is 433 g/mol. The van der Waals surface area contributed by atoms with Crippen LogP contribution in [-0.2, 0) is 20.0 Å². The van der Waals surface area contributed by atoms with Crippen LogP contribution >= 0.6 is 35.7 Å². The van der Waals surface area contributed by atoms with Crippen LogP contribution in [0.15, 0.2) is 46.5 Å². The summed E-state index contributed by atoms with van der Waals surface area (Å²) in [6, 6.07) is 8.66. The molecule has 24 heavy (non-hydrogen) atoms. The second-order valence-corrected chi connectivity index (χ2v) is 6.33. The number of rotatable bonds is 6. The molecule has 0 spiro atoms. The van der Waals surface area contributed by atoms with Gasteiger partial charge in [0.05, 0.1) is 6.20 Å². The average Bonchev–Trinajstić information content (AvgIpc) is 2.97. The molecule has 0 saturated carbocycles. The summed E-state index contributed by atoms with van der Waals surface area (Å²) in [5.41, 5.74) is 2.51. The van der Waals surface area contributed by atoms with Gasteiger partial charge >= 0.3 is 0 Å². The number of hydrogen-bond acceptors (Lipinski definition) is 3. The molecule has 0 fully saturated rings. The smallest absolute Gasteiger partial charge is 0.193 e. The van der Waals surface area contributed by atoms with Crippen molar-refractivity contribution in [1.82, 2.24) is 20.0 Å². The lowest BCUT2D eigenvalue weighted by molar-refractivity contribution is 0.477. The Hall–Kier alpha value is -1.22. The number of thioether (sulfide) groups is 1. The van der Waals surface area contributed by atoms with Crippen molar-refractivity contribution in [3.05, 3.63) is 47.8 Å². The highest BCUT2D eigenvalue weighted by atomic mass is 127. The number of halogens is 1. The minimum atomic E-state index is 0. The van der Waals surface area contributed by atoms with Gasteiger partial charge in [-0.05, 0) is 35.9 Å². The molecule has 0 saturated heterocycles. The molecule has 2 rings (SSSR count). The lowest BCUT2D eigenvalue weighted by atomic mass is 10.2. The Kier molecular flexibility index (Phi) is 9.20. The van der Waals surface area contributed by atoms with Gasteiger partial charge in [0, 0.05) is 45.3 Å². The van der Waals surface area contributed by atoms with Crippen molar-refractivity contribution in [2.45, 2.75) is 17.9 Å². The molecule has 0 aliphatic carbocycles. The zero-order chi connectivity index (χ0) is 16.7. The van der Waals surface area contributed by atoms with E-state index in [4.69, 9.17) is 0 Å². The third kappa shape index (κ3) is 6.35. The highest BCUT2D eigenvalue weighted by Crippen LogP contribution is 2.15. The summed E-state index contributed by atoms with van der Waals surface area (Å²) in [6.07, 6.45) is 6.97. The van der Waals surface area contributed by atoms with Crippen molar-refractivity contribution in [3.63, 3.8) is 0 Å². The number of hydrogen-bond donors (Lipinski definition) is 1. The van der Waals surface area contributed by atoms with Gasteiger partial charge in [0.1, 0.15) is 0 Å². The molecule has 7 heteroatoms. The molecule has 1 aromatic carbocycles. The van der Waals surface area contributed by atoms with E-state index < -0.39 is 0 Å². The monoisotopic (exact) mass is 459 g/mol. The number of aliphatic imine (C=N–C) groups is 1. The standard InChI is InChI=1S/C17H25N5S.HI/c1-18-17(19-10-9-15-11-20-22(3)13-15)21(2)12-14-5-7-16(23-4)8-6-14;/h5-8,11,13H,9-10,12H2,1-4H3,(H,18,19);1H. The molecule has 0 bridgehead atoms.